The minimum absolute atomic E-state index is 0.145. The van der Waals surface area contributed by atoms with Gasteiger partial charge in [-0.2, -0.15) is 0 Å². The lowest BCUT2D eigenvalue weighted by molar-refractivity contribution is 0.0963. The second kappa shape index (κ2) is 5.80. The van der Waals surface area contributed by atoms with E-state index in [0.29, 0.717) is 22.8 Å². The zero-order valence-corrected chi connectivity index (χ0v) is 11.5. The topological polar surface area (TPSA) is 54.3 Å². The number of carbonyl (C=O) groups is 1. The van der Waals surface area contributed by atoms with E-state index in [4.69, 9.17) is 16.0 Å². The number of furan rings is 1. The number of halogens is 1. The lowest BCUT2D eigenvalue weighted by atomic mass is 10.2. The average Bonchev–Trinajstić information content (AvgIpc) is 2.82. The molecule has 0 radical (unpaired) electrons. The largest absolute Gasteiger partial charge is 0.465 e. The molecule has 4 nitrogen and oxygen atoms in total. The fraction of sp³-hybridized carbons (Fsp3) is 0.214. The summed E-state index contributed by atoms with van der Waals surface area (Å²) in [5.41, 5.74) is 1.27. The molecule has 100 valence electrons. The van der Waals surface area contributed by atoms with Gasteiger partial charge in [0.15, 0.2) is 0 Å². The molecule has 0 saturated heterocycles. The van der Waals surface area contributed by atoms with Gasteiger partial charge in [-0.25, -0.2) is 0 Å². The maximum absolute atomic E-state index is 11.6. The minimum atomic E-state index is -0.145. The van der Waals surface area contributed by atoms with E-state index in [1.54, 1.807) is 25.2 Å². The van der Waals surface area contributed by atoms with Crippen molar-refractivity contribution in [2.75, 3.05) is 12.4 Å². The first-order valence-electron chi connectivity index (χ1n) is 5.91. The molecule has 1 amide bonds. The second-order valence-corrected chi connectivity index (χ2v) is 4.55. The summed E-state index contributed by atoms with van der Waals surface area (Å²) in [5.74, 6) is 1.54. The molecule has 2 rings (SSSR count). The molecule has 0 spiro atoms. The van der Waals surface area contributed by atoms with Crippen LogP contribution in [0.2, 0.25) is 5.02 Å². The molecule has 1 aromatic carbocycles. The Hall–Kier alpha value is -1.94. The van der Waals surface area contributed by atoms with Gasteiger partial charge in [-0.05, 0) is 37.3 Å². The summed E-state index contributed by atoms with van der Waals surface area (Å²) in [6, 6.07) is 8.90. The third-order valence-electron chi connectivity index (χ3n) is 2.70. The molecule has 19 heavy (non-hydrogen) atoms. The molecule has 5 heteroatoms. The third kappa shape index (κ3) is 3.29. The van der Waals surface area contributed by atoms with Gasteiger partial charge < -0.3 is 15.1 Å². The van der Waals surface area contributed by atoms with Crippen molar-refractivity contribution in [2.24, 2.45) is 0 Å². The fourth-order valence-electron chi connectivity index (χ4n) is 1.71. The number of hydrogen-bond donors (Lipinski definition) is 2. The number of carbonyl (C=O) groups excluding carboxylic acids is 1. The van der Waals surface area contributed by atoms with Crippen molar-refractivity contribution in [1.82, 2.24) is 5.32 Å². The van der Waals surface area contributed by atoms with Crippen LogP contribution in [0.3, 0.4) is 0 Å². The van der Waals surface area contributed by atoms with E-state index in [0.717, 1.165) is 11.5 Å². The first-order chi connectivity index (χ1) is 9.10. The Labute approximate surface area is 116 Å². The molecule has 0 saturated carbocycles. The van der Waals surface area contributed by atoms with E-state index in [1.807, 2.05) is 19.1 Å². The highest BCUT2D eigenvalue weighted by Crippen LogP contribution is 2.24. The highest BCUT2D eigenvalue weighted by atomic mass is 35.5. The standard InChI is InChI=1S/C14H15ClN2O2/c1-9-3-5-11(19-9)8-17-13-7-10(14(18)16-2)4-6-12(13)15/h3-7,17H,8H2,1-2H3,(H,16,18). The Balaban J connectivity index is 2.12. The van der Waals surface area contributed by atoms with Crippen molar-refractivity contribution < 1.29 is 9.21 Å². The van der Waals surface area contributed by atoms with Gasteiger partial charge in [0.2, 0.25) is 0 Å². The summed E-state index contributed by atoms with van der Waals surface area (Å²) in [6.07, 6.45) is 0. The quantitative estimate of drug-likeness (QED) is 0.903. The van der Waals surface area contributed by atoms with Gasteiger partial charge in [0.25, 0.3) is 5.91 Å². The molecular formula is C14H15ClN2O2. The predicted octanol–water partition coefficient (Wildman–Crippen LogP) is 3.21. The molecule has 0 bridgehead atoms. The number of rotatable bonds is 4. The van der Waals surface area contributed by atoms with Crippen LogP contribution in [0.1, 0.15) is 21.9 Å². The van der Waals surface area contributed by atoms with E-state index in [-0.39, 0.29) is 5.91 Å². The van der Waals surface area contributed by atoms with E-state index in [2.05, 4.69) is 10.6 Å². The molecule has 2 N–H and O–H groups in total. The SMILES string of the molecule is CNC(=O)c1ccc(Cl)c(NCc2ccc(C)o2)c1. The van der Waals surface area contributed by atoms with Gasteiger partial charge in [0, 0.05) is 12.6 Å². The summed E-state index contributed by atoms with van der Waals surface area (Å²) in [7, 11) is 1.59. The summed E-state index contributed by atoms with van der Waals surface area (Å²) in [4.78, 5) is 11.6. The van der Waals surface area contributed by atoms with Gasteiger partial charge in [-0.3, -0.25) is 4.79 Å². The van der Waals surface area contributed by atoms with Gasteiger partial charge >= 0.3 is 0 Å². The molecule has 0 aliphatic heterocycles. The minimum Gasteiger partial charge on any atom is -0.465 e. The van der Waals surface area contributed by atoms with Crippen molar-refractivity contribution in [3.63, 3.8) is 0 Å². The molecular weight excluding hydrogens is 264 g/mol. The van der Waals surface area contributed by atoms with Crippen molar-refractivity contribution >= 4 is 23.2 Å². The number of anilines is 1. The van der Waals surface area contributed by atoms with Gasteiger partial charge in [-0.15, -0.1) is 0 Å². The van der Waals surface area contributed by atoms with Crippen molar-refractivity contribution in [3.05, 3.63) is 52.4 Å². The Bertz CT molecular complexity index is 593. The zero-order chi connectivity index (χ0) is 13.8. The molecule has 0 aliphatic carbocycles. The van der Waals surface area contributed by atoms with E-state index in [9.17, 15) is 4.79 Å². The lowest BCUT2D eigenvalue weighted by Crippen LogP contribution is -2.17. The molecule has 2 aromatic rings. The lowest BCUT2D eigenvalue weighted by Gasteiger charge is -2.09. The second-order valence-electron chi connectivity index (χ2n) is 4.14. The van der Waals surface area contributed by atoms with Gasteiger partial charge in [0.1, 0.15) is 11.5 Å². The Morgan fingerprint density at radius 1 is 1.32 bits per heavy atom. The first kappa shape index (κ1) is 13.5. The van der Waals surface area contributed by atoms with Crippen LogP contribution in [0.15, 0.2) is 34.7 Å². The van der Waals surface area contributed by atoms with Crippen LogP contribution in [0.5, 0.6) is 0 Å². The summed E-state index contributed by atoms with van der Waals surface area (Å²) in [5, 5.41) is 6.30. The molecule has 0 atom stereocenters. The Kier molecular flexibility index (Phi) is 4.12. The van der Waals surface area contributed by atoms with Crippen LogP contribution in [0.25, 0.3) is 0 Å². The van der Waals surface area contributed by atoms with Gasteiger partial charge in [0.05, 0.1) is 17.3 Å². The highest BCUT2D eigenvalue weighted by Gasteiger charge is 2.08. The normalized spacial score (nSPS) is 10.3. The molecule has 0 unspecified atom stereocenters. The van der Waals surface area contributed by atoms with Crippen LogP contribution >= 0.6 is 11.6 Å². The summed E-state index contributed by atoms with van der Waals surface area (Å²) >= 11 is 6.09. The van der Waals surface area contributed by atoms with Crippen LogP contribution in [-0.2, 0) is 6.54 Å². The Morgan fingerprint density at radius 2 is 2.11 bits per heavy atom. The van der Waals surface area contributed by atoms with E-state index < -0.39 is 0 Å². The monoisotopic (exact) mass is 278 g/mol. The number of hydrogen-bond acceptors (Lipinski definition) is 3. The van der Waals surface area contributed by atoms with E-state index in [1.165, 1.54) is 0 Å². The molecule has 1 heterocycles. The third-order valence-corrected chi connectivity index (χ3v) is 3.03. The maximum Gasteiger partial charge on any atom is 0.251 e. The summed E-state index contributed by atoms with van der Waals surface area (Å²) < 4.78 is 5.46. The van der Waals surface area contributed by atoms with Crippen LogP contribution < -0.4 is 10.6 Å². The average molecular weight is 279 g/mol. The number of amides is 1. The molecule has 0 aliphatic rings. The highest BCUT2D eigenvalue weighted by molar-refractivity contribution is 6.33. The number of nitrogens with one attached hydrogen (secondary N) is 2. The van der Waals surface area contributed by atoms with Gasteiger partial charge in [-0.1, -0.05) is 11.6 Å². The first-order valence-corrected chi connectivity index (χ1v) is 6.29. The van der Waals surface area contributed by atoms with E-state index >= 15 is 0 Å². The van der Waals surface area contributed by atoms with Crippen molar-refractivity contribution in [3.8, 4) is 0 Å². The molecule has 1 aromatic heterocycles. The van der Waals surface area contributed by atoms with Crippen LogP contribution in [0.4, 0.5) is 5.69 Å². The Morgan fingerprint density at radius 3 is 2.74 bits per heavy atom. The smallest absolute Gasteiger partial charge is 0.251 e. The zero-order valence-electron chi connectivity index (χ0n) is 10.8. The number of benzene rings is 1. The number of aryl methyl sites for hydroxylation is 1. The van der Waals surface area contributed by atoms with Crippen molar-refractivity contribution in [2.45, 2.75) is 13.5 Å². The van der Waals surface area contributed by atoms with Crippen molar-refractivity contribution in [1.29, 1.82) is 0 Å². The van der Waals surface area contributed by atoms with Crippen LogP contribution in [0, 0.1) is 6.92 Å². The van der Waals surface area contributed by atoms with Crippen LogP contribution in [-0.4, -0.2) is 13.0 Å². The fourth-order valence-corrected chi connectivity index (χ4v) is 1.89. The summed E-state index contributed by atoms with van der Waals surface area (Å²) in [6.45, 7) is 2.41. The predicted molar refractivity (Wildman–Crippen MR) is 75.6 cm³/mol. The maximum atomic E-state index is 11.6. The molecule has 0 fully saturated rings.